The zero-order valence-electron chi connectivity index (χ0n) is 13.0. The number of hydrogen-bond donors (Lipinski definition) is 1. The molecule has 0 radical (unpaired) electrons. The number of anilines is 1. The molecule has 0 aliphatic carbocycles. The zero-order chi connectivity index (χ0) is 15.8. The first-order chi connectivity index (χ1) is 11.2. The van der Waals surface area contributed by atoms with E-state index in [1.165, 1.54) is 11.1 Å². The van der Waals surface area contributed by atoms with E-state index in [1.54, 1.807) is 0 Å². The van der Waals surface area contributed by atoms with Gasteiger partial charge in [-0.15, -0.1) is 0 Å². The molecule has 23 heavy (non-hydrogen) atoms. The van der Waals surface area contributed by atoms with Crippen LogP contribution in [-0.2, 0) is 12.8 Å². The van der Waals surface area contributed by atoms with Gasteiger partial charge in [0.25, 0.3) is 0 Å². The Bertz CT molecular complexity index is 853. The van der Waals surface area contributed by atoms with Crippen molar-refractivity contribution >= 4 is 17.4 Å². The van der Waals surface area contributed by atoms with E-state index in [2.05, 4.69) is 35.6 Å². The Kier molecular flexibility index (Phi) is 3.58. The maximum Gasteiger partial charge on any atom is 0.133 e. The Morgan fingerprint density at radius 2 is 2.00 bits per heavy atom. The van der Waals surface area contributed by atoms with Crippen LogP contribution >= 0.6 is 11.6 Å². The van der Waals surface area contributed by atoms with Crippen molar-refractivity contribution in [2.75, 3.05) is 11.9 Å². The van der Waals surface area contributed by atoms with E-state index < -0.39 is 0 Å². The molecular formula is C19H18ClN3. The van der Waals surface area contributed by atoms with Gasteiger partial charge in [-0.25, -0.2) is 4.68 Å². The van der Waals surface area contributed by atoms with Gasteiger partial charge < -0.3 is 5.32 Å². The first-order valence-corrected chi connectivity index (χ1v) is 8.25. The molecule has 0 amide bonds. The summed E-state index contributed by atoms with van der Waals surface area (Å²) in [5, 5.41) is 9.10. The molecular weight excluding hydrogens is 306 g/mol. The van der Waals surface area contributed by atoms with Crippen molar-refractivity contribution in [3.63, 3.8) is 0 Å². The second kappa shape index (κ2) is 5.74. The first kappa shape index (κ1) is 14.3. The van der Waals surface area contributed by atoms with E-state index >= 15 is 0 Å². The van der Waals surface area contributed by atoms with Gasteiger partial charge >= 0.3 is 0 Å². The number of rotatable bonds is 3. The Morgan fingerprint density at radius 3 is 2.78 bits per heavy atom. The highest BCUT2D eigenvalue weighted by Crippen LogP contribution is 2.31. The third-order valence-electron chi connectivity index (χ3n) is 4.35. The van der Waals surface area contributed by atoms with Gasteiger partial charge in [0.2, 0.25) is 0 Å². The van der Waals surface area contributed by atoms with Crippen molar-refractivity contribution in [1.82, 2.24) is 9.78 Å². The van der Waals surface area contributed by atoms with Crippen LogP contribution in [0.1, 0.15) is 22.4 Å². The normalized spacial score (nSPS) is 13.0. The van der Waals surface area contributed by atoms with E-state index in [1.807, 2.05) is 29.8 Å². The predicted octanol–water partition coefficient (Wildman–Crippen LogP) is 4.39. The van der Waals surface area contributed by atoms with Crippen molar-refractivity contribution in [3.8, 4) is 5.69 Å². The minimum Gasteiger partial charge on any atom is -0.369 e. The van der Waals surface area contributed by atoms with Crippen LogP contribution in [0.15, 0.2) is 48.5 Å². The lowest BCUT2D eigenvalue weighted by Crippen LogP contribution is -2.05. The highest BCUT2D eigenvalue weighted by atomic mass is 35.5. The summed E-state index contributed by atoms with van der Waals surface area (Å²) in [7, 11) is 0. The van der Waals surface area contributed by atoms with Crippen LogP contribution in [0.25, 0.3) is 5.69 Å². The molecule has 1 aliphatic rings. The number of aryl methyl sites for hydroxylation is 1. The van der Waals surface area contributed by atoms with Crippen LogP contribution in [0.5, 0.6) is 0 Å². The molecule has 0 fully saturated rings. The average Bonchev–Trinajstić information content (AvgIpc) is 3.15. The molecule has 0 bridgehead atoms. The van der Waals surface area contributed by atoms with Crippen LogP contribution < -0.4 is 5.32 Å². The van der Waals surface area contributed by atoms with E-state index in [0.717, 1.165) is 47.2 Å². The van der Waals surface area contributed by atoms with Crippen LogP contribution in [0, 0.1) is 6.92 Å². The van der Waals surface area contributed by atoms with Crippen LogP contribution in [0.4, 0.5) is 5.82 Å². The second-order valence-corrected chi connectivity index (χ2v) is 6.37. The van der Waals surface area contributed by atoms with Crippen LogP contribution in [0.2, 0.25) is 5.02 Å². The number of fused-ring (bicyclic) bond motifs is 1. The van der Waals surface area contributed by atoms with Crippen molar-refractivity contribution in [2.45, 2.75) is 19.8 Å². The third-order valence-corrected chi connectivity index (χ3v) is 4.76. The Hall–Kier alpha value is -2.26. The number of aromatic nitrogens is 2. The summed E-state index contributed by atoms with van der Waals surface area (Å²) in [5.74, 6) is 1.11. The Balaban J connectivity index is 1.77. The second-order valence-electron chi connectivity index (χ2n) is 5.96. The fraction of sp³-hybridized carbons (Fsp3) is 0.211. The SMILES string of the molecule is Cc1ccc(-n2nc(Cc3ccccc3)c3c2NCC3)cc1Cl. The minimum atomic E-state index is 0.773. The molecule has 1 aromatic heterocycles. The van der Waals surface area contributed by atoms with Gasteiger partial charge in [0.05, 0.1) is 11.4 Å². The van der Waals surface area contributed by atoms with Gasteiger partial charge in [0.15, 0.2) is 0 Å². The topological polar surface area (TPSA) is 29.9 Å². The summed E-state index contributed by atoms with van der Waals surface area (Å²) in [6.07, 6.45) is 1.88. The summed E-state index contributed by atoms with van der Waals surface area (Å²) in [6.45, 7) is 2.98. The molecule has 116 valence electrons. The molecule has 3 nitrogen and oxygen atoms in total. The first-order valence-electron chi connectivity index (χ1n) is 7.87. The molecule has 2 heterocycles. The maximum atomic E-state index is 6.29. The molecule has 3 aromatic rings. The zero-order valence-corrected chi connectivity index (χ0v) is 13.8. The van der Waals surface area contributed by atoms with Crippen molar-refractivity contribution in [3.05, 3.63) is 75.9 Å². The van der Waals surface area contributed by atoms with E-state index in [9.17, 15) is 0 Å². The molecule has 2 aromatic carbocycles. The van der Waals surface area contributed by atoms with Gasteiger partial charge in [-0.3, -0.25) is 0 Å². The number of hydrogen-bond acceptors (Lipinski definition) is 2. The van der Waals surface area contributed by atoms with E-state index in [4.69, 9.17) is 16.7 Å². The summed E-state index contributed by atoms with van der Waals surface area (Å²) in [4.78, 5) is 0. The largest absolute Gasteiger partial charge is 0.369 e. The maximum absolute atomic E-state index is 6.29. The highest BCUT2D eigenvalue weighted by molar-refractivity contribution is 6.31. The number of benzene rings is 2. The highest BCUT2D eigenvalue weighted by Gasteiger charge is 2.23. The van der Waals surface area contributed by atoms with Gasteiger partial charge in [0.1, 0.15) is 5.82 Å². The molecule has 0 unspecified atom stereocenters. The fourth-order valence-electron chi connectivity index (χ4n) is 3.08. The fourth-order valence-corrected chi connectivity index (χ4v) is 3.25. The molecule has 0 spiro atoms. The van der Waals surface area contributed by atoms with Gasteiger partial charge in [-0.05, 0) is 36.6 Å². The standard InChI is InChI=1S/C19H18ClN3/c1-13-7-8-15(12-17(13)20)23-19-16(9-10-21-19)18(22-23)11-14-5-3-2-4-6-14/h2-8,12,21H,9-11H2,1H3. The summed E-state index contributed by atoms with van der Waals surface area (Å²) < 4.78 is 1.99. The smallest absolute Gasteiger partial charge is 0.133 e. The molecule has 0 atom stereocenters. The van der Waals surface area contributed by atoms with Crippen molar-refractivity contribution < 1.29 is 0 Å². The van der Waals surface area contributed by atoms with Crippen LogP contribution in [0.3, 0.4) is 0 Å². The number of nitrogens with one attached hydrogen (secondary N) is 1. The van der Waals surface area contributed by atoms with Gasteiger partial charge in [-0.2, -0.15) is 5.10 Å². The van der Waals surface area contributed by atoms with Crippen LogP contribution in [-0.4, -0.2) is 16.3 Å². The molecule has 0 saturated carbocycles. The lowest BCUT2D eigenvalue weighted by molar-refractivity contribution is 0.839. The Labute approximate surface area is 140 Å². The summed E-state index contributed by atoms with van der Waals surface area (Å²) >= 11 is 6.29. The predicted molar refractivity (Wildman–Crippen MR) is 94.8 cm³/mol. The Morgan fingerprint density at radius 1 is 1.17 bits per heavy atom. The van der Waals surface area contributed by atoms with Gasteiger partial charge in [-0.1, -0.05) is 48.0 Å². The third kappa shape index (κ3) is 2.62. The lowest BCUT2D eigenvalue weighted by Gasteiger charge is -2.08. The van der Waals surface area contributed by atoms with E-state index in [0.29, 0.717) is 0 Å². The van der Waals surface area contributed by atoms with E-state index in [-0.39, 0.29) is 0 Å². The van der Waals surface area contributed by atoms with Gasteiger partial charge in [0, 0.05) is 23.6 Å². The minimum absolute atomic E-state index is 0.773. The molecule has 1 N–H and O–H groups in total. The quantitative estimate of drug-likeness (QED) is 0.774. The lowest BCUT2D eigenvalue weighted by atomic mass is 10.1. The van der Waals surface area contributed by atoms with Crippen molar-refractivity contribution in [2.24, 2.45) is 0 Å². The summed E-state index contributed by atoms with van der Waals surface area (Å²) in [6, 6.07) is 16.6. The van der Waals surface area contributed by atoms with Crippen molar-refractivity contribution in [1.29, 1.82) is 0 Å². The average molecular weight is 324 g/mol. The molecule has 4 rings (SSSR count). The molecule has 0 saturated heterocycles. The monoisotopic (exact) mass is 323 g/mol. The molecule has 4 heteroatoms. The number of nitrogens with zero attached hydrogens (tertiary/aromatic N) is 2. The number of halogens is 1. The summed E-state index contributed by atoms with van der Waals surface area (Å²) in [5.41, 5.74) is 5.84. The molecule has 1 aliphatic heterocycles.